The fraction of sp³-hybridized carbons (Fsp3) is 0.385. The Morgan fingerprint density at radius 1 is 1.47 bits per heavy atom. The average molecular weight is 278 g/mol. The molecule has 1 aromatic heterocycles. The zero-order valence-electron chi connectivity index (χ0n) is 10.8. The number of aliphatic imine (C=N–C) groups is 1. The molecule has 2 N–H and O–H groups in total. The van der Waals surface area contributed by atoms with Gasteiger partial charge in [0.15, 0.2) is 5.96 Å². The molecule has 3 rings (SSSR count). The molecular formula is C13H16ClN5. The van der Waals surface area contributed by atoms with E-state index in [9.17, 15) is 0 Å². The van der Waals surface area contributed by atoms with Gasteiger partial charge in [0.05, 0.1) is 16.1 Å². The third kappa shape index (κ3) is 2.14. The van der Waals surface area contributed by atoms with Gasteiger partial charge in [-0.15, -0.1) is 0 Å². The van der Waals surface area contributed by atoms with Crippen molar-refractivity contribution < 1.29 is 0 Å². The van der Waals surface area contributed by atoms with E-state index in [1.54, 1.807) is 0 Å². The number of nitrogens with two attached hydrogens (primary N) is 1. The first-order valence-electron chi connectivity index (χ1n) is 6.31. The van der Waals surface area contributed by atoms with Crippen molar-refractivity contribution in [1.29, 1.82) is 0 Å². The Labute approximate surface area is 116 Å². The molecule has 19 heavy (non-hydrogen) atoms. The maximum atomic E-state index is 6.19. The first kappa shape index (κ1) is 12.3. The van der Waals surface area contributed by atoms with Crippen LogP contribution in [0.2, 0.25) is 5.02 Å². The van der Waals surface area contributed by atoms with Crippen LogP contribution in [0.25, 0.3) is 11.0 Å². The van der Waals surface area contributed by atoms with Crippen LogP contribution in [0.3, 0.4) is 0 Å². The minimum absolute atomic E-state index is 0.476. The molecular weight excluding hydrogens is 262 g/mol. The monoisotopic (exact) mass is 277 g/mol. The number of para-hydroxylation sites is 1. The van der Waals surface area contributed by atoms with E-state index in [0.29, 0.717) is 17.5 Å². The van der Waals surface area contributed by atoms with Crippen LogP contribution in [0, 0.1) is 0 Å². The lowest BCUT2D eigenvalue weighted by molar-refractivity contribution is 0.295. The number of fused-ring (bicyclic) bond motifs is 1. The lowest BCUT2D eigenvalue weighted by Gasteiger charge is -2.31. The first-order chi connectivity index (χ1) is 9.16. The Morgan fingerprint density at radius 2 is 2.26 bits per heavy atom. The molecule has 2 heterocycles. The van der Waals surface area contributed by atoms with E-state index in [4.69, 9.17) is 17.3 Å². The Balaban J connectivity index is 1.89. The third-order valence-electron chi connectivity index (χ3n) is 3.50. The fourth-order valence-electron chi connectivity index (χ4n) is 2.21. The maximum Gasteiger partial charge on any atom is 0.191 e. The van der Waals surface area contributed by atoms with Gasteiger partial charge in [0, 0.05) is 20.1 Å². The van der Waals surface area contributed by atoms with E-state index < -0.39 is 0 Å². The smallest absolute Gasteiger partial charge is 0.191 e. The summed E-state index contributed by atoms with van der Waals surface area (Å²) in [6.07, 6.45) is 1.19. The molecule has 0 atom stereocenters. The van der Waals surface area contributed by atoms with Crippen LogP contribution in [0.4, 0.5) is 0 Å². The lowest BCUT2D eigenvalue weighted by atomic mass is 10.2. The molecule has 1 aliphatic heterocycles. The van der Waals surface area contributed by atoms with Crippen molar-refractivity contribution in [2.45, 2.75) is 13.0 Å². The second-order valence-electron chi connectivity index (χ2n) is 4.71. The number of aryl methyl sites for hydroxylation is 1. The predicted molar refractivity (Wildman–Crippen MR) is 77.2 cm³/mol. The van der Waals surface area contributed by atoms with Crippen molar-refractivity contribution in [3.05, 3.63) is 29.0 Å². The summed E-state index contributed by atoms with van der Waals surface area (Å²) in [7, 11) is 1.95. The lowest BCUT2D eigenvalue weighted by Crippen LogP contribution is -2.46. The molecule has 0 spiro atoms. The molecule has 2 aromatic rings. The Morgan fingerprint density at radius 3 is 2.89 bits per heavy atom. The molecule has 0 unspecified atom stereocenters. The van der Waals surface area contributed by atoms with Crippen LogP contribution in [-0.2, 0) is 13.6 Å². The molecule has 0 saturated carbocycles. The topological polar surface area (TPSA) is 59.4 Å². The summed E-state index contributed by atoms with van der Waals surface area (Å²) >= 11 is 6.19. The van der Waals surface area contributed by atoms with E-state index in [1.165, 1.54) is 6.42 Å². The normalized spacial score (nSPS) is 15.9. The van der Waals surface area contributed by atoms with Crippen LogP contribution in [0.1, 0.15) is 12.2 Å². The van der Waals surface area contributed by atoms with Gasteiger partial charge in [0.25, 0.3) is 0 Å². The zero-order chi connectivity index (χ0) is 13.4. The molecule has 6 heteroatoms. The SMILES string of the molecule is Cn1c(CN=C(N)N2CCC2)nc2cccc(Cl)c21. The van der Waals surface area contributed by atoms with E-state index in [1.807, 2.05) is 29.8 Å². The average Bonchev–Trinajstić information content (AvgIpc) is 2.63. The highest BCUT2D eigenvalue weighted by molar-refractivity contribution is 6.35. The van der Waals surface area contributed by atoms with Crippen molar-refractivity contribution in [3.63, 3.8) is 0 Å². The van der Waals surface area contributed by atoms with Crippen molar-refractivity contribution in [2.75, 3.05) is 13.1 Å². The Hall–Kier alpha value is -1.75. The highest BCUT2D eigenvalue weighted by Gasteiger charge is 2.16. The summed E-state index contributed by atoms with van der Waals surface area (Å²) in [4.78, 5) is 11.0. The van der Waals surface area contributed by atoms with Gasteiger partial charge in [-0.1, -0.05) is 17.7 Å². The largest absolute Gasteiger partial charge is 0.370 e. The highest BCUT2D eigenvalue weighted by atomic mass is 35.5. The maximum absolute atomic E-state index is 6.19. The van der Waals surface area contributed by atoms with Crippen LogP contribution in [-0.4, -0.2) is 33.5 Å². The van der Waals surface area contributed by atoms with Crippen LogP contribution >= 0.6 is 11.6 Å². The van der Waals surface area contributed by atoms with Crippen molar-refractivity contribution in [2.24, 2.45) is 17.8 Å². The summed E-state index contributed by atoms with van der Waals surface area (Å²) in [5.41, 5.74) is 7.75. The van der Waals surface area contributed by atoms with Gasteiger partial charge in [-0.05, 0) is 18.6 Å². The van der Waals surface area contributed by atoms with E-state index >= 15 is 0 Å². The van der Waals surface area contributed by atoms with Crippen molar-refractivity contribution in [1.82, 2.24) is 14.5 Å². The standard InChI is InChI=1S/C13H16ClN5/c1-18-11(8-16-13(15)19-6-3-7-19)17-10-5-2-4-9(14)12(10)18/h2,4-5H,3,6-8H2,1H3,(H2,15,16). The zero-order valence-corrected chi connectivity index (χ0v) is 11.6. The molecule has 0 bridgehead atoms. The van der Waals surface area contributed by atoms with Gasteiger partial charge in [0.1, 0.15) is 12.4 Å². The van der Waals surface area contributed by atoms with Gasteiger partial charge in [0.2, 0.25) is 0 Å². The molecule has 1 aromatic carbocycles. The fourth-order valence-corrected chi connectivity index (χ4v) is 2.50. The minimum atomic E-state index is 0.476. The third-order valence-corrected chi connectivity index (χ3v) is 3.81. The number of aromatic nitrogens is 2. The molecule has 1 fully saturated rings. The van der Waals surface area contributed by atoms with Gasteiger partial charge < -0.3 is 15.2 Å². The summed E-state index contributed by atoms with van der Waals surface area (Å²) in [6.45, 7) is 2.48. The van der Waals surface area contributed by atoms with Crippen LogP contribution < -0.4 is 5.73 Å². The summed E-state index contributed by atoms with van der Waals surface area (Å²) in [6, 6.07) is 5.72. The molecule has 0 radical (unpaired) electrons. The van der Waals surface area contributed by atoms with Crippen molar-refractivity contribution >= 4 is 28.6 Å². The summed E-state index contributed by atoms with van der Waals surface area (Å²) in [5.74, 6) is 1.47. The van der Waals surface area contributed by atoms with Gasteiger partial charge in [-0.3, -0.25) is 0 Å². The van der Waals surface area contributed by atoms with Gasteiger partial charge in [-0.25, -0.2) is 9.98 Å². The van der Waals surface area contributed by atoms with E-state index in [2.05, 4.69) is 14.9 Å². The summed E-state index contributed by atoms with van der Waals surface area (Å²) in [5, 5.41) is 0.707. The van der Waals surface area contributed by atoms with Crippen LogP contribution in [0.15, 0.2) is 23.2 Å². The molecule has 5 nitrogen and oxygen atoms in total. The number of halogens is 1. The second-order valence-corrected chi connectivity index (χ2v) is 5.12. The van der Waals surface area contributed by atoms with Gasteiger partial charge in [-0.2, -0.15) is 0 Å². The number of benzene rings is 1. The van der Waals surface area contributed by atoms with Gasteiger partial charge >= 0.3 is 0 Å². The van der Waals surface area contributed by atoms with E-state index in [-0.39, 0.29) is 0 Å². The molecule has 1 aliphatic rings. The number of guanidine groups is 1. The van der Waals surface area contributed by atoms with Crippen molar-refractivity contribution in [3.8, 4) is 0 Å². The number of nitrogens with zero attached hydrogens (tertiary/aromatic N) is 4. The minimum Gasteiger partial charge on any atom is -0.370 e. The predicted octanol–water partition coefficient (Wildman–Crippen LogP) is 1.75. The number of likely N-dealkylation sites (tertiary alicyclic amines) is 1. The second kappa shape index (κ2) is 4.74. The van der Waals surface area contributed by atoms with E-state index in [0.717, 1.165) is 29.9 Å². The number of rotatable bonds is 2. The molecule has 100 valence electrons. The Bertz CT molecular complexity index is 642. The number of hydrogen-bond donors (Lipinski definition) is 1. The summed E-state index contributed by atoms with van der Waals surface area (Å²) < 4.78 is 1.98. The number of imidazole rings is 1. The quantitative estimate of drug-likeness (QED) is 0.672. The molecule has 0 aliphatic carbocycles. The first-order valence-corrected chi connectivity index (χ1v) is 6.69. The number of hydrogen-bond acceptors (Lipinski definition) is 2. The highest BCUT2D eigenvalue weighted by Crippen LogP contribution is 2.23. The Kier molecular flexibility index (Phi) is 3.06. The molecule has 1 saturated heterocycles. The molecule has 0 amide bonds. The van der Waals surface area contributed by atoms with Crippen LogP contribution in [0.5, 0.6) is 0 Å².